The van der Waals surface area contributed by atoms with Gasteiger partial charge in [0.1, 0.15) is 0 Å². The highest BCUT2D eigenvalue weighted by Crippen LogP contribution is 2.27. The van der Waals surface area contributed by atoms with Crippen LogP contribution in [-0.2, 0) is 9.47 Å². The maximum absolute atomic E-state index is 5.82. The van der Waals surface area contributed by atoms with Gasteiger partial charge in [0.15, 0.2) is 0 Å². The molecule has 0 spiro atoms. The molecule has 1 unspecified atom stereocenters. The van der Waals surface area contributed by atoms with Crippen molar-refractivity contribution < 1.29 is 9.47 Å². The molecule has 0 aliphatic rings. The van der Waals surface area contributed by atoms with Crippen molar-refractivity contribution in [1.29, 1.82) is 0 Å². The standard InChI is InChI=1S/C14H31NO2/c1-6-11-15-13(10-9-12-16-4)14(7-2,8-3)17-5/h13,15H,6-12H2,1-5H3. The highest BCUT2D eigenvalue weighted by molar-refractivity contribution is 4.91. The van der Waals surface area contributed by atoms with Crippen LogP contribution in [0.4, 0.5) is 0 Å². The average Bonchev–Trinajstić information content (AvgIpc) is 2.37. The summed E-state index contributed by atoms with van der Waals surface area (Å²) in [5.74, 6) is 0. The second-order valence-electron chi connectivity index (χ2n) is 4.62. The lowest BCUT2D eigenvalue weighted by molar-refractivity contribution is -0.0507. The van der Waals surface area contributed by atoms with E-state index in [1.807, 2.05) is 7.11 Å². The molecular formula is C14H31NO2. The van der Waals surface area contributed by atoms with Gasteiger partial charge < -0.3 is 14.8 Å². The Kier molecular flexibility index (Phi) is 9.79. The van der Waals surface area contributed by atoms with Crippen LogP contribution in [0.25, 0.3) is 0 Å². The van der Waals surface area contributed by atoms with Gasteiger partial charge in [-0.2, -0.15) is 0 Å². The van der Waals surface area contributed by atoms with Crippen molar-refractivity contribution >= 4 is 0 Å². The first-order valence-corrected chi connectivity index (χ1v) is 6.98. The molecule has 0 amide bonds. The minimum atomic E-state index is -0.0249. The zero-order valence-corrected chi connectivity index (χ0v) is 12.3. The molecule has 0 aliphatic carbocycles. The van der Waals surface area contributed by atoms with Crippen LogP contribution < -0.4 is 5.32 Å². The third-order valence-corrected chi connectivity index (χ3v) is 3.72. The van der Waals surface area contributed by atoms with Crippen molar-refractivity contribution in [3.8, 4) is 0 Å². The van der Waals surface area contributed by atoms with Gasteiger partial charge in [-0.15, -0.1) is 0 Å². The van der Waals surface area contributed by atoms with E-state index in [4.69, 9.17) is 9.47 Å². The van der Waals surface area contributed by atoms with Crippen molar-refractivity contribution in [3.05, 3.63) is 0 Å². The maximum Gasteiger partial charge on any atom is 0.0825 e. The number of methoxy groups -OCH3 is 2. The highest BCUT2D eigenvalue weighted by Gasteiger charge is 2.34. The zero-order valence-electron chi connectivity index (χ0n) is 12.3. The Morgan fingerprint density at radius 3 is 2.18 bits per heavy atom. The molecule has 0 aliphatic heterocycles. The minimum absolute atomic E-state index is 0.0249. The second kappa shape index (κ2) is 9.86. The average molecular weight is 245 g/mol. The van der Waals surface area contributed by atoms with Crippen LogP contribution in [0, 0.1) is 0 Å². The summed E-state index contributed by atoms with van der Waals surface area (Å²) in [6, 6.07) is 0.428. The molecule has 0 aromatic carbocycles. The predicted octanol–water partition coefficient (Wildman–Crippen LogP) is 2.99. The van der Waals surface area contributed by atoms with E-state index in [0.29, 0.717) is 6.04 Å². The third kappa shape index (κ3) is 5.36. The van der Waals surface area contributed by atoms with Crippen molar-refractivity contribution in [2.24, 2.45) is 0 Å². The Hall–Kier alpha value is -0.120. The van der Waals surface area contributed by atoms with Gasteiger partial charge in [0.2, 0.25) is 0 Å². The maximum atomic E-state index is 5.82. The van der Waals surface area contributed by atoms with Gasteiger partial charge >= 0.3 is 0 Å². The fourth-order valence-corrected chi connectivity index (χ4v) is 2.48. The predicted molar refractivity (Wildman–Crippen MR) is 73.5 cm³/mol. The first-order valence-electron chi connectivity index (χ1n) is 6.98. The SMILES string of the molecule is CCCNC(CCCOC)C(CC)(CC)OC. The van der Waals surface area contributed by atoms with Gasteiger partial charge in [0.05, 0.1) is 5.60 Å². The number of rotatable bonds is 11. The van der Waals surface area contributed by atoms with Crippen LogP contribution in [0.15, 0.2) is 0 Å². The summed E-state index contributed by atoms with van der Waals surface area (Å²) in [6.45, 7) is 8.51. The molecule has 3 nitrogen and oxygen atoms in total. The Bertz CT molecular complexity index is 161. The quantitative estimate of drug-likeness (QED) is 0.568. The highest BCUT2D eigenvalue weighted by atomic mass is 16.5. The molecule has 0 fully saturated rings. The first-order chi connectivity index (χ1) is 8.20. The van der Waals surface area contributed by atoms with Crippen LogP contribution in [0.5, 0.6) is 0 Å². The molecule has 1 atom stereocenters. The Morgan fingerprint density at radius 1 is 1.12 bits per heavy atom. The number of hydrogen-bond acceptors (Lipinski definition) is 3. The van der Waals surface area contributed by atoms with E-state index in [2.05, 4.69) is 26.1 Å². The van der Waals surface area contributed by atoms with E-state index in [0.717, 1.165) is 45.3 Å². The molecule has 17 heavy (non-hydrogen) atoms. The lowest BCUT2D eigenvalue weighted by Crippen LogP contribution is -2.51. The van der Waals surface area contributed by atoms with Gasteiger partial charge in [-0.25, -0.2) is 0 Å². The summed E-state index contributed by atoms with van der Waals surface area (Å²) in [5, 5.41) is 3.64. The number of ether oxygens (including phenoxy) is 2. The molecular weight excluding hydrogens is 214 g/mol. The Balaban J connectivity index is 4.48. The molecule has 0 saturated carbocycles. The lowest BCUT2D eigenvalue weighted by atomic mass is 9.85. The molecule has 0 saturated heterocycles. The fourth-order valence-electron chi connectivity index (χ4n) is 2.48. The normalized spacial score (nSPS) is 13.9. The van der Waals surface area contributed by atoms with Crippen LogP contribution >= 0.6 is 0 Å². The lowest BCUT2D eigenvalue weighted by Gasteiger charge is -2.39. The largest absolute Gasteiger partial charge is 0.385 e. The van der Waals surface area contributed by atoms with Gasteiger partial charge in [-0.1, -0.05) is 20.8 Å². The van der Waals surface area contributed by atoms with Gasteiger partial charge in [0.25, 0.3) is 0 Å². The topological polar surface area (TPSA) is 30.5 Å². The van der Waals surface area contributed by atoms with Crippen molar-refractivity contribution in [1.82, 2.24) is 5.32 Å². The molecule has 0 aromatic rings. The van der Waals surface area contributed by atoms with Crippen molar-refractivity contribution in [2.45, 2.75) is 64.5 Å². The zero-order chi connectivity index (χ0) is 13.1. The smallest absolute Gasteiger partial charge is 0.0825 e. The van der Waals surface area contributed by atoms with Gasteiger partial charge in [-0.3, -0.25) is 0 Å². The van der Waals surface area contributed by atoms with Crippen molar-refractivity contribution in [3.63, 3.8) is 0 Å². The molecule has 0 heterocycles. The second-order valence-corrected chi connectivity index (χ2v) is 4.62. The fraction of sp³-hybridized carbons (Fsp3) is 1.00. The third-order valence-electron chi connectivity index (χ3n) is 3.72. The van der Waals surface area contributed by atoms with Crippen molar-refractivity contribution in [2.75, 3.05) is 27.4 Å². The first kappa shape index (κ1) is 16.9. The summed E-state index contributed by atoms with van der Waals surface area (Å²) in [6.07, 6.45) is 5.46. The minimum Gasteiger partial charge on any atom is -0.385 e. The molecule has 0 bridgehead atoms. The molecule has 3 heteroatoms. The monoisotopic (exact) mass is 245 g/mol. The summed E-state index contributed by atoms with van der Waals surface area (Å²) in [4.78, 5) is 0. The summed E-state index contributed by atoms with van der Waals surface area (Å²) >= 11 is 0. The summed E-state index contributed by atoms with van der Waals surface area (Å²) in [7, 11) is 3.60. The molecule has 1 N–H and O–H groups in total. The van der Waals surface area contributed by atoms with Crippen LogP contribution in [0.3, 0.4) is 0 Å². The van der Waals surface area contributed by atoms with E-state index in [1.54, 1.807) is 7.11 Å². The van der Waals surface area contributed by atoms with E-state index in [-0.39, 0.29) is 5.60 Å². The van der Waals surface area contributed by atoms with E-state index >= 15 is 0 Å². The van der Waals surface area contributed by atoms with Crippen LogP contribution in [0.1, 0.15) is 52.9 Å². The van der Waals surface area contributed by atoms with Gasteiger partial charge in [-0.05, 0) is 38.6 Å². The van der Waals surface area contributed by atoms with E-state index < -0.39 is 0 Å². The molecule has 104 valence electrons. The van der Waals surface area contributed by atoms with E-state index in [9.17, 15) is 0 Å². The van der Waals surface area contributed by atoms with Gasteiger partial charge in [0, 0.05) is 26.9 Å². The van der Waals surface area contributed by atoms with Crippen LogP contribution in [0.2, 0.25) is 0 Å². The Labute approximate surface area is 107 Å². The molecule has 0 rings (SSSR count). The summed E-state index contributed by atoms with van der Waals surface area (Å²) < 4.78 is 11.0. The van der Waals surface area contributed by atoms with Crippen LogP contribution in [-0.4, -0.2) is 39.0 Å². The number of hydrogen-bond donors (Lipinski definition) is 1. The summed E-state index contributed by atoms with van der Waals surface area (Å²) in [5.41, 5.74) is -0.0249. The van der Waals surface area contributed by atoms with E-state index in [1.165, 1.54) is 0 Å². The molecule has 0 radical (unpaired) electrons. The Morgan fingerprint density at radius 2 is 1.76 bits per heavy atom. The number of nitrogens with one attached hydrogen (secondary N) is 1. The molecule has 0 aromatic heterocycles.